The molecule has 0 bridgehead atoms. The SMILES string of the molecule is Cc1c(F)cccc1CN1CC2(CCN(C)C2=O)C1. The van der Waals surface area contributed by atoms with Gasteiger partial charge < -0.3 is 4.90 Å². The van der Waals surface area contributed by atoms with E-state index in [9.17, 15) is 9.18 Å². The van der Waals surface area contributed by atoms with Gasteiger partial charge in [-0.25, -0.2) is 4.39 Å². The highest BCUT2D eigenvalue weighted by Crippen LogP contribution is 2.40. The summed E-state index contributed by atoms with van der Waals surface area (Å²) in [6.07, 6.45) is 0.959. The molecule has 19 heavy (non-hydrogen) atoms. The first kappa shape index (κ1) is 12.6. The Balaban J connectivity index is 1.66. The summed E-state index contributed by atoms with van der Waals surface area (Å²) in [5.74, 6) is 0.129. The summed E-state index contributed by atoms with van der Waals surface area (Å²) in [4.78, 5) is 16.1. The zero-order valence-corrected chi connectivity index (χ0v) is 11.4. The number of benzene rings is 1. The van der Waals surface area contributed by atoms with Gasteiger partial charge in [-0.15, -0.1) is 0 Å². The third kappa shape index (κ3) is 1.94. The number of carbonyl (C=O) groups excluding carboxylic acids is 1. The predicted molar refractivity (Wildman–Crippen MR) is 71.1 cm³/mol. The van der Waals surface area contributed by atoms with E-state index >= 15 is 0 Å². The zero-order chi connectivity index (χ0) is 13.6. The van der Waals surface area contributed by atoms with Gasteiger partial charge in [-0.2, -0.15) is 0 Å². The number of amides is 1. The molecule has 3 nitrogen and oxygen atoms in total. The lowest BCUT2D eigenvalue weighted by Gasteiger charge is -2.46. The molecule has 1 spiro atoms. The molecule has 0 N–H and O–H groups in total. The van der Waals surface area contributed by atoms with Crippen molar-refractivity contribution in [1.82, 2.24) is 9.80 Å². The minimum atomic E-state index is -0.149. The van der Waals surface area contributed by atoms with Crippen molar-refractivity contribution in [3.63, 3.8) is 0 Å². The Morgan fingerprint density at radius 2 is 2.11 bits per heavy atom. The van der Waals surface area contributed by atoms with E-state index in [1.807, 2.05) is 24.9 Å². The molecular weight excluding hydrogens is 243 g/mol. The summed E-state index contributed by atoms with van der Waals surface area (Å²) in [6, 6.07) is 5.21. The molecule has 4 heteroatoms. The number of rotatable bonds is 2. The van der Waals surface area contributed by atoms with Crippen molar-refractivity contribution in [3.8, 4) is 0 Å². The molecule has 2 heterocycles. The van der Waals surface area contributed by atoms with Gasteiger partial charge in [0.05, 0.1) is 5.41 Å². The molecule has 1 amide bonds. The summed E-state index contributed by atoms with van der Waals surface area (Å²) in [5.41, 5.74) is 1.60. The highest BCUT2D eigenvalue weighted by Gasteiger charge is 2.53. The third-order valence-electron chi connectivity index (χ3n) is 4.55. The number of likely N-dealkylation sites (tertiary alicyclic amines) is 2. The van der Waals surface area contributed by atoms with Gasteiger partial charge in [0.25, 0.3) is 0 Å². The monoisotopic (exact) mass is 262 g/mol. The first-order valence-corrected chi connectivity index (χ1v) is 6.74. The molecule has 102 valence electrons. The van der Waals surface area contributed by atoms with Gasteiger partial charge >= 0.3 is 0 Å². The van der Waals surface area contributed by atoms with Crippen LogP contribution in [0.15, 0.2) is 18.2 Å². The fraction of sp³-hybridized carbons (Fsp3) is 0.533. The normalized spacial score (nSPS) is 22.1. The summed E-state index contributed by atoms with van der Waals surface area (Å²) in [5, 5.41) is 0. The van der Waals surface area contributed by atoms with E-state index < -0.39 is 0 Å². The molecule has 0 saturated carbocycles. The van der Waals surface area contributed by atoms with Gasteiger partial charge in [-0.1, -0.05) is 12.1 Å². The first-order chi connectivity index (χ1) is 9.02. The number of halogens is 1. The molecule has 1 aromatic carbocycles. The van der Waals surface area contributed by atoms with Crippen LogP contribution in [0.4, 0.5) is 4.39 Å². The van der Waals surface area contributed by atoms with E-state index in [4.69, 9.17) is 0 Å². The van der Waals surface area contributed by atoms with E-state index in [1.165, 1.54) is 6.07 Å². The predicted octanol–water partition coefficient (Wildman–Crippen LogP) is 1.80. The van der Waals surface area contributed by atoms with Crippen LogP contribution in [-0.4, -0.2) is 42.4 Å². The van der Waals surface area contributed by atoms with Crippen LogP contribution >= 0.6 is 0 Å². The Labute approximate surface area is 113 Å². The van der Waals surface area contributed by atoms with Crippen LogP contribution in [0.1, 0.15) is 17.5 Å². The van der Waals surface area contributed by atoms with Gasteiger partial charge in [-0.05, 0) is 30.5 Å². The minimum Gasteiger partial charge on any atom is -0.345 e. The molecule has 0 radical (unpaired) electrons. The second kappa shape index (κ2) is 4.30. The van der Waals surface area contributed by atoms with Crippen molar-refractivity contribution in [2.75, 3.05) is 26.7 Å². The van der Waals surface area contributed by atoms with Gasteiger partial charge in [-0.3, -0.25) is 9.69 Å². The molecule has 2 aliphatic rings. The fourth-order valence-electron chi connectivity index (χ4n) is 3.27. The minimum absolute atomic E-state index is 0.143. The van der Waals surface area contributed by atoms with Gasteiger partial charge in [0.2, 0.25) is 5.91 Å². The van der Waals surface area contributed by atoms with Crippen molar-refractivity contribution < 1.29 is 9.18 Å². The average molecular weight is 262 g/mol. The van der Waals surface area contributed by atoms with Crippen LogP contribution in [0.25, 0.3) is 0 Å². The van der Waals surface area contributed by atoms with E-state index in [0.29, 0.717) is 0 Å². The number of carbonyl (C=O) groups is 1. The summed E-state index contributed by atoms with van der Waals surface area (Å²) < 4.78 is 13.5. The largest absolute Gasteiger partial charge is 0.345 e. The Hall–Kier alpha value is -1.42. The Kier molecular flexibility index (Phi) is 2.86. The number of hydrogen-bond donors (Lipinski definition) is 0. The molecule has 2 fully saturated rings. The highest BCUT2D eigenvalue weighted by atomic mass is 19.1. The maximum Gasteiger partial charge on any atom is 0.231 e. The average Bonchev–Trinajstić information content (AvgIpc) is 2.63. The van der Waals surface area contributed by atoms with E-state index in [1.54, 1.807) is 6.07 Å². The van der Waals surface area contributed by atoms with Crippen molar-refractivity contribution in [3.05, 3.63) is 35.1 Å². The molecule has 0 aliphatic carbocycles. The lowest BCUT2D eigenvalue weighted by Crippen LogP contribution is -2.59. The van der Waals surface area contributed by atoms with E-state index in [2.05, 4.69) is 4.90 Å². The van der Waals surface area contributed by atoms with Crippen LogP contribution in [0.5, 0.6) is 0 Å². The Morgan fingerprint density at radius 1 is 1.37 bits per heavy atom. The maximum absolute atomic E-state index is 13.5. The third-order valence-corrected chi connectivity index (χ3v) is 4.55. The summed E-state index contributed by atoms with van der Waals surface area (Å²) in [6.45, 7) is 5.04. The Bertz CT molecular complexity index is 523. The molecule has 3 rings (SSSR count). The molecule has 0 unspecified atom stereocenters. The first-order valence-electron chi connectivity index (χ1n) is 6.74. The van der Waals surface area contributed by atoms with Crippen LogP contribution in [0.3, 0.4) is 0 Å². The van der Waals surface area contributed by atoms with Crippen molar-refractivity contribution in [1.29, 1.82) is 0 Å². The Morgan fingerprint density at radius 3 is 2.74 bits per heavy atom. The second-order valence-corrected chi connectivity index (χ2v) is 5.93. The molecule has 1 aromatic rings. The van der Waals surface area contributed by atoms with Gasteiger partial charge in [0.1, 0.15) is 5.82 Å². The lowest BCUT2D eigenvalue weighted by molar-refractivity contribution is -0.144. The van der Waals surface area contributed by atoms with Crippen LogP contribution < -0.4 is 0 Å². The van der Waals surface area contributed by atoms with Crippen molar-refractivity contribution in [2.24, 2.45) is 5.41 Å². The molecule has 0 aromatic heterocycles. The molecule has 2 saturated heterocycles. The van der Waals surface area contributed by atoms with E-state index in [-0.39, 0.29) is 17.1 Å². The van der Waals surface area contributed by atoms with Crippen molar-refractivity contribution in [2.45, 2.75) is 19.9 Å². The van der Waals surface area contributed by atoms with E-state index in [0.717, 1.165) is 43.7 Å². The number of nitrogens with zero attached hydrogens (tertiary/aromatic N) is 2. The maximum atomic E-state index is 13.5. The van der Waals surface area contributed by atoms with Crippen molar-refractivity contribution >= 4 is 5.91 Å². The fourth-order valence-corrected chi connectivity index (χ4v) is 3.27. The second-order valence-electron chi connectivity index (χ2n) is 5.93. The lowest BCUT2D eigenvalue weighted by atomic mass is 9.78. The van der Waals surface area contributed by atoms with Crippen LogP contribution in [0, 0.1) is 18.2 Å². The number of hydrogen-bond acceptors (Lipinski definition) is 2. The van der Waals surface area contributed by atoms with Crippen LogP contribution in [-0.2, 0) is 11.3 Å². The van der Waals surface area contributed by atoms with Gasteiger partial charge in [0, 0.05) is 33.2 Å². The molecule has 2 aliphatic heterocycles. The quantitative estimate of drug-likeness (QED) is 0.811. The van der Waals surface area contributed by atoms with Crippen LogP contribution in [0.2, 0.25) is 0 Å². The summed E-state index contributed by atoms with van der Waals surface area (Å²) in [7, 11) is 1.87. The topological polar surface area (TPSA) is 23.6 Å². The zero-order valence-electron chi connectivity index (χ0n) is 11.4. The highest BCUT2D eigenvalue weighted by molar-refractivity contribution is 5.86. The van der Waals surface area contributed by atoms with Gasteiger partial charge in [0.15, 0.2) is 0 Å². The standard InChI is InChI=1S/C15H19FN2O/c1-11-12(4-3-5-13(11)16)8-18-9-15(10-18)6-7-17(2)14(15)19/h3-5H,6-10H2,1-2H3. The smallest absolute Gasteiger partial charge is 0.231 e. The molecular formula is C15H19FN2O. The summed E-state index contributed by atoms with van der Waals surface area (Å²) >= 11 is 0. The molecule has 0 atom stereocenters.